The molecule has 5 heteroatoms. The summed E-state index contributed by atoms with van der Waals surface area (Å²) in [7, 11) is 0. The molecule has 0 saturated heterocycles. The molecule has 0 N–H and O–H groups in total. The second-order valence-corrected chi connectivity index (χ2v) is 10.7. The first-order valence-electron chi connectivity index (χ1n) is 14.6. The fraction of sp³-hybridized carbons (Fsp3) is 0.0513. The van der Waals surface area contributed by atoms with Crippen LogP contribution in [0, 0.1) is 20.5 Å². The molecule has 0 bridgehead atoms. The van der Waals surface area contributed by atoms with Gasteiger partial charge in [-0.15, -0.1) is 18.0 Å². The third-order valence-corrected chi connectivity index (χ3v) is 7.85. The summed E-state index contributed by atoms with van der Waals surface area (Å²) in [6, 6.07) is 52.5. The van der Waals surface area contributed by atoms with Gasteiger partial charge in [0.1, 0.15) is 0 Å². The molecule has 0 saturated carbocycles. The van der Waals surface area contributed by atoms with Crippen molar-refractivity contribution < 1.29 is 22.4 Å². The summed E-state index contributed by atoms with van der Waals surface area (Å²) in [5, 5.41) is 4.94. The van der Waals surface area contributed by atoms with Crippen LogP contribution in [0.15, 0.2) is 152 Å². The smallest absolute Gasteiger partial charge is 0.0460 e. The molecule has 0 unspecified atom stereocenters. The van der Waals surface area contributed by atoms with Crippen LogP contribution < -0.4 is 14.7 Å². The van der Waals surface area contributed by atoms with Gasteiger partial charge < -0.3 is 20.0 Å². The van der Waals surface area contributed by atoms with E-state index in [4.69, 9.17) is 5.32 Å². The van der Waals surface area contributed by atoms with Crippen LogP contribution >= 0.6 is 0 Å². The van der Waals surface area contributed by atoms with Crippen LogP contribution in [0.5, 0.6) is 0 Å². The fourth-order valence-electron chi connectivity index (χ4n) is 5.74. The zero-order valence-corrected chi connectivity index (χ0v) is 26.8. The Balaban J connectivity index is 0.000000153. The minimum Gasteiger partial charge on any atom is -0.654 e. The Morgan fingerprint density at radius 1 is 0.409 bits per heavy atom. The molecule has 2 aliphatic rings. The third-order valence-electron chi connectivity index (χ3n) is 7.85. The van der Waals surface area contributed by atoms with Crippen LogP contribution in [0.4, 0.5) is 51.2 Å². The average molecular weight is 754 g/mol. The van der Waals surface area contributed by atoms with E-state index in [-0.39, 0.29) is 22.4 Å². The molecular weight excluding hydrogens is 721 g/mol. The number of nitrogens with zero attached hydrogens (tertiary/aromatic N) is 4. The van der Waals surface area contributed by atoms with Crippen molar-refractivity contribution in [2.45, 2.75) is 13.8 Å². The molecule has 8 rings (SSSR count). The molecule has 6 aromatic rings. The van der Waals surface area contributed by atoms with Gasteiger partial charge in [0, 0.05) is 62.2 Å². The van der Waals surface area contributed by atoms with E-state index in [9.17, 15) is 0 Å². The van der Waals surface area contributed by atoms with E-state index in [1.54, 1.807) is 0 Å². The molecule has 2 heterocycles. The molecule has 0 spiro atoms. The molecule has 0 aliphatic carbocycles. The summed E-state index contributed by atoms with van der Waals surface area (Å²) in [6.45, 7) is 6.39. The molecule has 2 aliphatic heterocycles. The van der Waals surface area contributed by atoms with Gasteiger partial charge in [0.2, 0.25) is 0 Å². The van der Waals surface area contributed by atoms with Gasteiger partial charge >= 0.3 is 0 Å². The topological polar surface area (TPSA) is 23.8 Å². The zero-order valence-electron chi connectivity index (χ0n) is 24.6. The van der Waals surface area contributed by atoms with Crippen molar-refractivity contribution in [3.8, 4) is 0 Å². The Morgan fingerprint density at radius 2 is 0.773 bits per heavy atom. The Kier molecular flexibility index (Phi) is 8.58. The maximum Gasteiger partial charge on any atom is 0.0460 e. The second kappa shape index (κ2) is 12.9. The Morgan fingerprint density at radius 3 is 1.20 bits per heavy atom. The first-order chi connectivity index (χ1) is 21.2. The maximum absolute atomic E-state index is 4.94. The van der Waals surface area contributed by atoms with E-state index >= 15 is 0 Å². The van der Waals surface area contributed by atoms with E-state index in [1.165, 1.54) is 33.9 Å². The van der Waals surface area contributed by atoms with Gasteiger partial charge in [0.25, 0.3) is 0 Å². The van der Waals surface area contributed by atoms with Crippen LogP contribution in [0.1, 0.15) is 11.1 Å². The summed E-state index contributed by atoms with van der Waals surface area (Å²) >= 11 is 0. The number of anilines is 7. The molecule has 4 nitrogen and oxygen atoms in total. The van der Waals surface area contributed by atoms with Crippen LogP contribution in [0.25, 0.3) is 5.32 Å². The van der Waals surface area contributed by atoms with E-state index in [0.717, 1.165) is 28.4 Å². The third kappa shape index (κ3) is 5.51. The largest absolute Gasteiger partial charge is 0.654 e. The van der Waals surface area contributed by atoms with Crippen LogP contribution in [-0.4, -0.2) is 0 Å². The summed E-state index contributed by atoms with van der Waals surface area (Å²) in [6.07, 6.45) is 0. The zero-order chi connectivity index (χ0) is 29.2. The van der Waals surface area contributed by atoms with Gasteiger partial charge in [-0.25, -0.2) is 0 Å². The summed E-state index contributed by atoms with van der Waals surface area (Å²) in [4.78, 5) is 6.75. The number of aryl methyl sites for hydroxylation is 2. The Hall–Kier alpha value is -4.74. The van der Waals surface area contributed by atoms with Crippen molar-refractivity contribution in [2.75, 3.05) is 14.7 Å². The van der Waals surface area contributed by atoms with Crippen molar-refractivity contribution in [1.82, 2.24) is 0 Å². The normalized spacial score (nSPS) is 12.5. The predicted octanol–water partition coefficient (Wildman–Crippen LogP) is 11.5. The molecule has 221 valence electrons. The van der Waals surface area contributed by atoms with Crippen LogP contribution in [-0.2, 0) is 22.4 Å². The molecule has 6 aromatic carbocycles. The average Bonchev–Trinajstić information content (AvgIpc) is 3.46. The summed E-state index contributed by atoms with van der Waals surface area (Å²) in [5.74, 6) is 0. The van der Waals surface area contributed by atoms with Crippen molar-refractivity contribution in [1.29, 1.82) is 0 Å². The van der Waals surface area contributed by atoms with E-state index in [0.29, 0.717) is 0 Å². The number of rotatable bonds is 3. The van der Waals surface area contributed by atoms with Crippen molar-refractivity contribution in [3.63, 3.8) is 0 Å². The van der Waals surface area contributed by atoms with Crippen LogP contribution in [0.3, 0.4) is 0 Å². The summed E-state index contributed by atoms with van der Waals surface area (Å²) in [5.41, 5.74) is 12.7. The van der Waals surface area contributed by atoms with Crippen molar-refractivity contribution >= 4 is 51.2 Å². The molecule has 0 atom stereocenters. The first-order valence-corrected chi connectivity index (χ1v) is 14.6. The maximum atomic E-state index is 4.94. The van der Waals surface area contributed by atoms with Gasteiger partial charge in [-0.1, -0.05) is 102 Å². The van der Waals surface area contributed by atoms with Crippen LogP contribution in [0.2, 0.25) is 0 Å². The minimum atomic E-state index is 0. The number of fused-ring (bicyclic) bond motifs is 3. The molecule has 0 amide bonds. The number of hydrogen-bond acceptors (Lipinski definition) is 3. The van der Waals surface area contributed by atoms with Gasteiger partial charge in [0.15, 0.2) is 0 Å². The quantitative estimate of drug-likeness (QED) is 0.133. The summed E-state index contributed by atoms with van der Waals surface area (Å²) < 4.78 is 0. The fourth-order valence-corrected chi connectivity index (χ4v) is 5.74. The Bertz CT molecular complexity index is 1740. The standard InChI is InChI=1S/C20H17N2.C19H15N2.Au/c1-14-8-6-12-17-19(14)21-20-15(2)9-7-13-18(20)22(17)16-10-4-3-5-11-16;1-3-9-16(10-4-1)20-15-21(17-11-5-2-6-12-17)19-14-8-7-13-18(19)20;/h3-13H,1-2H3;1-15H;/q2*-1;. The van der Waals surface area contributed by atoms with E-state index in [1.807, 2.05) is 18.2 Å². The van der Waals surface area contributed by atoms with Gasteiger partial charge in [0.05, 0.1) is 0 Å². The number of benzene rings is 6. The van der Waals surface area contributed by atoms with E-state index < -0.39 is 0 Å². The predicted molar refractivity (Wildman–Crippen MR) is 181 cm³/mol. The molecular formula is C39H32AuN4-2. The van der Waals surface area contributed by atoms with Crippen molar-refractivity contribution in [3.05, 3.63) is 175 Å². The number of para-hydroxylation sites is 7. The van der Waals surface area contributed by atoms with Gasteiger partial charge in [-0.2, -0.15) is 0 Å². The Labute approximate surface area is 275 Å². The number of hydrogen-bond donors (Lipinski definition) is 0. The van der Waals surface area contributed by atoms with Crippen molar-refractivity contribution in [2.24, 2.45) is 0 Å². The minimum absolute atomic E-state index is 0. The van der Waals surface area contributed by atoms with Gasteiger partial charge in [-0.05, 0) is 74.5 Å². The molecule has 0 aromatic heterocycles. The molecule has 1 radical (unpaired) electrons. The first kappa shape index (κ1) is 29.3. The molecule has 44 heavy (non-hydrogen) atoms. The monoisotopic (exact) mass is 753 g/mol. The van der Waals surface area contributed by atoms with Gasteiger partial charge in [-0.3, -0.25) is 0 Å². The molecule has 0 fully saturated rings. The van der Waals surface area contributed by atoms with E-state index in [2.05, 4.69) is 169 Å². The second-order valence-electron chi connectivity index (χ2n) is 10.7. The SMILES string of the molecule is Cc1cccc2c1[N-]c1c(C)cccc1N2c1ccccc1.[Au].c1ccc(N2[CH-]N(c3ccccc3)c3ccccc32)cc1.